The maximum atomic E-state index is 13.3. The largest absolute Gasteiger partial charge is 0.381 e. The van der Waals surface area contributed by atoms with E-state index in [1.54, 1.807) is 6.07 Å². The van der Waals surface area contributed by atoms with Crippen LogP contribution in [0.25, 0.3) is 0 Å². The highest BCUT2D eigenvalue weighted by atomic mass is 19.2. The quantitative estimate of drug-likeness (QED) is 0.689. The molecule has 1 aromatic carbocycles. The van der Waals surface area contributed by atoms with Gasteiger partial charge < -0.3 is 10.1 Å². The van der Waals surface area contributed by atoms with Crippen molar-refractivity contribution in [3.05, 3.63) is 35.4 Å². The topological polar surface area (TPSA) is 21.3 Å². The summed E-state index contributed by atoms with van der Waals surface area (Å²) in [6, 6.07) is 4.08. The second-order valence-electron chi connectivity index (χ2n) is 4.58. The zero-order chi connectivity index (χ0) is 14.1. The second kappa shape index (κ2) is 8.99. The zero-order valence-electron chi connectivity index (χ0n) is 11.7. The highest BCUT2D eigenvalue weighted by Crippen LogP contribution is 2.19. The Morgan fingerprint density at radius 1 is 1.11 bits per heavy atom. The number of rotatable bonds is 9. The smallest absolute Gasteiger partial charge is 0.159 e. The van der Waals surface area contributed by atoms with Crippen LogP contribution in [0, 0.1) is 11.6 Å². The van der Waals surface area contributed by atoms with Crippen molar-refractivity contribution in [2.75, 3.05) is 19.8 Å². The molecule has 0 saturated carbocycles. The third-order valence-corrected chi connectivity index (χ3v) is 2.89. The minimum atomic E-state index is -0.805. The van der Waals surface area contributed by atoms with E-state index in [-0.39, 0.29) is 6.04 Å². The normalized spacial score (nSPS) is 12.6. The van der Waals surface area contributed by atoms with Gasteiger partial charge in [0.05, 0.1) is 0 Å². The molecule has 19 heavy (non-hydrogen) atoms. The number of ether oxygens (including phenoxy) is 1. The van der Waals surface area contributed by atoms with Crippen LogP contribution in [0.2, 0.25) is 0 Å². The van der Waals surface area contributed by atoms with Gasteiger partial charge >= 0.3 is 0 Å². The molecule has 0 spiro atoms. The molecule has 108 valence electrons. The van der Waals surface area contributed by atoms with Crippen LogP contribution in [0.15, 0.2) is 18.2 Å². The molecule has 0 heterocycles. The first kappa shape index (κ1) is 16.1. The van der Waals surface area contributed by atoms with Crippen molar-refractivity contribution in [2.24, 2.45) is 0 Å². The summed E-state index contributed by atoms with van der Waals surface area (Å²) in [6.07, 6.45) is 2.74. The lowest BCUT2D eigenvalue weighted by Gasteiger charge is -2.19. The number of hydrogen-bond donors (Lipinski definition) is 1. The van der Waals surface area contributed by atoms with E-state index in [0.717, 1.165) is 38.0 Å². The molecule has 1 atom stereocenters. The summed E-state index contributed by atoms with van der Waals surface area (Å²) >= 11 is 0. The van der Waals surface area contributed by atoms with Crippen LogP contribution in [0.5, 0.6) is 0 Å². The van der Waals surface area contributed by atoms with Gasteiger partial charge in [-0.15, -0.1) is 0 Å². The third kappa shape index (κ3) is 5.66. The van der Waals surface area contributed by atoms with Crippen LogP contribution < -0.4 is 5.32 Å². The van der Waals surface area contributed by atoms with E-state index in [4.69, 9.17) is 4.74 Å². The fraction of sp³-hybridized carbons (Fsp3) is 0.600. The summed E-state index contributed by atoms with van der Waals surface area (Å²) in [5.41, 5.74) is 0.771. The second-order valence-corrected chi connectivity index (χ2v) is 4.58. The van der Waals surface area contributed by atoms with Crippen LogP contribution in [-0.2, 0) is 4.74 Å². The Bertz CT molecular complexity index is 371. The van der Waals surface area contributed by atoms with Gasteiger partial charge in [0, 0.05) is 19.3 Å². The predicted octanol–water partition coefficient (Wildman–Crippen LogP) is 3.82. The lowest BCUT2D eigenvalue weighted by molar-refractivity contribution is 0.124. The number of benzene rings is 1. The standard InChI is InChI=1S/C15H23F2NO/c1-3-8-18-15(7-10-19-9-4-2)12-5-6-13(16)14(17)11-12/h5-6,11,15,18H,3-4,7-10H2,1-2H3. The molecule has 0 aliphatic rings. The molecule has 0 amide bonds. The molecular formula is C15H23F2NO. The van der Waals surface area contributed by atoms with Crippen LogP contribution in [-0.4, -0.2) is 19.8 Å². The van der Waals surface area contributed by atoms with Crippen LogP contribution in [0.3, 0.4) is 0 Å². The van der Waals surface area contributed by atoms with Gasteiger partial charge in [0.15, 0.2) is 11.6 Å². The molecule has 0 saturated heterocycles. The molecule has 1 unspecified atom stereocenters. The van der Waals surface area contributed by atoms with Crippen molar-refractivity contribution in [3.8, 4) is 0 Å². The summed E-state index contributed by atoms with van der Waals surface area (Å²) in [6.45, 7) is 6.33. The molecular weight excluding hydrogens is 248 g/mol. The zero-order valence-corrected chi connectivity index (χ0v) is 11.7. The van der Waals surface area contributed by atoms with Gasteiger partial charge in [-0.25, -0.2) is 8.78 Å². The Hall–Kier alpha value is -1.00. The minimum Gasteiger partial charge on any atom is -0.381 e. The van der Waals surface area contributed by atoms with Crippen molar-refractivity contribution in [1.29, 1.82) is 0 Å². The molecule has 0 bridgehead atoms. The third-order valence-electron chi connectivity index (χ3n) is 2.89. The van der Waals surface area contributed by atoms with E-state index in [1.807, 2.05) is 0 Å². The average molecular weight is 271 g/mol. The van der Waals surface area contributed by atoms with Gasteiger partial charge in [-0.1, -0.05) is 19.9 Å². The SMILES string of the molecule is CCCNC(CCOCCC)c1ccc(F)c(F)c1. The molecule has 0 radical (unpaired) electrons. The lowest BCUT2D eigenvalue weighted by atomic mass is 10.0. The van der Waals surface area contributed by atoms with E-state index in [1.165, 1.54) is 12.1 Å². The molecule has 0 fully saturated rings. The predicted molar refractivity (Wildman–Crippen MR) is 73.1 cm³/mol. The highest BCUT2D eigenvalue weighted by molar-refractivity contribution is 5.21. The van der Waals surface area contributed by atoms with Gasteiger partial charge in [0.2, 0.25) is 0 Å². The summed E-state index contributed by atoms with van der Waals surface area (Å²) < 4.78 is 31.7. The number of hydrogen-bond acceptors (Lipinski definition) is 2. The Balaban J connectivity index is 2.63. The van der Waals surface area contributed by atoms with Crippen LogP contribution in [0.4, 0.5) is 8.78 Å². The number of nitrogens with one attached hydrogen (secondary N) is 1. The minimum absolute atomic E-state index is 0.00639. The lowest BCUT2D eigenvalue weighted by Crippen LogP contribution is -2.23. The van der Waals surface area contributed by atoms with Crippen molar-refractivity contribution >= 4 is 0 Å². The van der Waals surface area contributed by atoms with E-state index in [0.29, 0.717) is 6.61 Å². The van der Waals surface area contributed by atoms with Gasteiger partial charge in [-0.05, 0) is 43.5 Å². The molecule has 0 aromatic heterocycles. The monoisotopic (exact) mass is 271 g/mol. The average Bonchev–Trinajstić information content (AvgIpc) is 2.41. The summed E-state index contributed by atoms with van der Waals surface area (Å²) in [7, 11) is 0. The molecule has 4 heteroatoms. The Morgan fingerprint density at radius 2 is 1.89 bits per heavy atom. The molecule has 1 rings (SSSR count). The Labute approximate surface area is 114 Å². The van der Waals surface area contributed by atoms with Crippen molar-refractivity contribution in [2.45, 2.75) is 39.2 Å². The fourth-order valence-electron chi connectivity index (χ4n) is 1.88. The first-order valence-electron chi connectivity index (χ1n) is 6.95. The van der Waals surface area contributed by atoms with E-state index in [2.05, 4.69) is 19.2 Å². The van der Waals surface area contributed by atoms with Gasteiger partial charge in [-0.3, -0.25) is 0 Å². The molecule has 1 N–H and O–H groups in total. The van der Waals surface area contributed by atoms with Gasteiger partial charge in [-0.2, -0.15) is 0 Å². The van der Waals surface area contributed by atoms with E-state index >= 15 is 0 Å². The van der Waals surface area contributed by atoms with Crippen LogP contribution >= 0.6 is 0 Å². The Morgan fingerprint density at radius 3 is 2.53 bits per heavy atom. The number of halogens is 2. The summed E-state index contributed by atoms with van der Waals surface area (Å²) in [5.74, 6) is -1.60. The van der Waals surface area contributed by atoms with Crippen molar-refractivity contribution < 1.29 is 13.5 Å². The van der Waals surface area contributed by atoms with Gasteiger partial charge in [0.25, 0.3) is 0 Å². The molecule has 1 aromatic rings. The molecule has 0 aliphatic heterocycles. The maximum absolute atomic E-state index is 13.3. The van der Waals surface area contributed by atoms with Crippen molar-refractivity contribution in [1.82, 2.24) is 5.32 Å². The fourth-order valence-corrected chi connectivity index (χ4v) is 1.88. The summed E-state index contributed by atoms with van der Waals surface area (Å²) in [4.78, 5) is 0. The molecule has 0 aliphatic carbocycles. The van der Waals surface area contributed by atoms with Crippen molar-refractivity contribution in [3.63, 3.8) is 0 Å². The summed E-state index contributed by atoms with van der Waals surface area (Å²) in [5, 5.41) is 3.34. The molecule has 2 nitrogen and oxygen atoms in total. The first-order valence-corrected chi connectivity index (χ1v) is 6.95. The van der Waals surface area contributed by atoms with E-state index in [9.17, 15) is 8.78 Å². The van der Waals surface area contributed by atoms with Crippen LogP contribution in [0.1, 0.15) is 44.7 Å². The highest BCUT2D eigenvalue weighted by Gasteiger charge is 2.13. The first-order chi connectivity index (χ1) is 9.19. The Kier molecular flexibility index (Phi) is 7.60. The maximum Gasteiger partial charge on any atom is 0.159 e. The van der Waals surface area contributed by atoms with E-state index < -0.39 is 11.6 Å². The van der Waals surface area contributed by atoms with Gasteiger partial charge in [0.1, 0.15) is 0 Å².